The third-order valence-electron chi connectivity index (χ3n) is 5.68. The number of carbonyl (C=O) groups is 1. The highest BCUT2D eigenvalue weighted by Crippen LogP contribution is 2.40. The van der Waals surface area contributed by atoms with Crippen LogP contribution in [0.3, 0.4) is 0 Å². The fraction of sp³-hybridized carbons (Fsp3) is 0.407. The van der Waals surface area contributed by atoms with Crippen LogP contribution in [0.15, 0.2) is 59.2 Å². The molecule has 2 aromatic carbocycles. The average Bonchev–Trinajstić information content (AvgIpc) is 3.55. The third-order valence-corrected chi connectivity index (χ3v) is 5.68. The fourth-order valence-electron chi connectivity index (χ4n) is 3.56. The zero-order valence-corrected chi connectivity index (χ0v) is 19.6. The van der Waals surface area contributed by atoms with Gasteiger partial charge in [0.15, 0.2) is 11.5 Å². The highest BCUT2D eigenvalue weighted by atomic mass is 16.6. The molecule has 1 aromatic heterocycles. The van der Waals surface area contributed by atoms with Crippen molar-refractivity contribution in [2.24, 2.45) is 0 Å². The molecule has 0 atom stereocenters. The second kappa shape index (κ2) is 10.2. The summed E-state index contributed by atoms with van der Waals surface area (Å²) in [6.45, 7) is 7.23. The number of hydrogen-bond acceptors (Lipinski definition) is 6. The van der Waals surface area contributed by atoms with Gasteiger partial charge in [-0.25, -0.2) is 9.78 Å². The molecule has 1 aliphatic carbocycles. The van der Waals surface area contributed by atoms with Gasteiger partial charge >= 0.3 is 5.97 Å². The van der Waals surface area contributed by atoms with E-state index < -0.39 is 5.60 Å². The summed E-state index contributed by atoms with van der Waals surface area (Å²) in [5, 5.41) is 3.49. The molecule has 4 rings (SSSR count). The number of nitrogens with one attached hydrogen (secondary N) is 1. The van der Waals surface area contributed by atoms with Crippen LogP contribution in [0, 0.1) is 0 Å². The Kier molecular flexibility index (Phi) is 7.14. The zero-order chi connectivity index (χ0) is 23.3. The van der Waals surface area contributed by atoms with Crippen LogP contribution in [0.2, 0.25) is 0 Å². The molecule has 33 heavy (non-hydrogen) atoms. The van der Waals surface area contributed by atoms with Gasteiger partial charge in [-0.1, -0.05) is 36.4 Å². The number of oxazole rings is 1. The van der Waals surface area contributed by atoms with E-state index in [0.717, 1.165) is 36.7 Å². The Hall–Kier alpha value is -3.12. The number of ether oxygens (including phenoxy) is 2. The lowest BCUT2D eigenvalue weighted by Crippen LogP contribution is -2.39. The smallest absolute Gasteiger partial charge is 0.349 e. The first kappa shape index (κ1) is 23.1. The van der Waals surface area contributed by atoms with Gasteiger partial charge in [-0.3, -0.25) is 0 Å². The fourth-order valence-corrected chi connectivity index (χ4v) is 3.56. The molecule has 6 nitrogen and oxygen atoms in total. The lowest BCUT2D eigenvalue weighted by molar-refractivity contribution is -0.158. The summed E-state index contributed by atoms with van der Waals surface area (Å²) >= 11 is 0. The quantitative estimate of drug-likeness (QED) is 0.318. The number of hydrogen-bond donors (Lipinski definition) is 1. The van der Waals surface area contributed by atoms with Crippen molar-refractivity contribution in [1.29, 1.82) is 0 Å². The minimum Gasteiger partial charge on any atom is -0.476 e. The molecule has 1 heterocycles. The Labute approximate surface area is 195 Å². The molecule has 0 amide bonds. The average molecular weight is 449 g/mol. The summed E-state index contributed by atoms with van der Waals surface area (Å²) in [6.07, 6.45) is 5.05. The lowest BCUT2D eigenvalue weighted by Gasteiger charge is -2.24. The maximum Gasteiger partial charge on any atom is 0.349 e. The van der Waals surface area contributed by atoms with Gasteiger partial charge in [0.25, 0.3) is 0 Å². The SMILES string of the molecule is CCOC(=O)C(C)(C)Oc1ccc(CCNCc2ccc(-c3coc(C4CC4)n3)cc2)cc1. The van der Waals surface area contributed by atoms with E-state index in [1.807, 2.05) is 24.3 Å². The molecular formula is C27H32N2O4. The Morgan fingerprint density at radius 2 is 1.79 bits per heavy atom. The van der Waals surface area contributed by atoms with Gasteiger partial charge in [-0.05, 0) is 69.8 Å². The van der Waals surface area contributed by atoms with Crippen LogP contribution in [-0.4, -0.2) is 29.7 Å². The van der Waals surface area contributed by atoms with Gasteiger partial charge in [0.05, 0.1) is 6.61 Å². The van der Waals surface area contributed by atoms with Crippen molar-refractivity contribution in [2.75, 3.05) is 13.2 Å². The summed E-state index contributed by atoms with van der Waals surface area (Å²) < 4.78 is 16.5. The predicted octanol–water partition coefficient (Wildman–Crippen LogP) is 5.27. The molecule has 1 saturated carbocycles. The number of esters is 1. The Morgan fingerprint density at radius 1 is 1.09 bits per heavy atom. The molecule has 1 fully saturated rings. The molecule has 1 N–H and O–H groups in total. The van der Waals surface area contributed by atoms with Gasteiger partial charge in [0, 0.05) is 18.0 Å². The highest BCUT2D eigenvalue weighted by molar-refractivity contribution is 5.79. The van der Waals surface area contributed by atoms with E-state index in [1.54, 1.807) is 27.0 Å². The van der Waals surface area contributed by atoms with Crippen LogP contribution < -0.4 is 10.1 Å². The first-order valence-corrected chi connectivity index (χ1v) is 11.7. The van der Waals surface area contributed by atoms with E-state index in [1.165, 1.54) is 24.0 Å². The van der Waals surface area contributed by atoms with Crippen molar-refractivity contribution in [1.82, 2.24) is 10.3 Å². The summed E-state index contributed by atoms with van der Waals surface area (Å²) in [7, 11) is 0. The van der Waals surface area contributed by atoms with Gasteiger partial charge in [-0.2, -0.15) is 0 Å². The minimum atomic E-state index is -1.01. The number of carbonyl (C=O) groups excluding carboxylic acids is 1. The van der Waals surface area contributed by atoms with E-state index in [4.69, 9.17) is 13.9 Å². The third kappa shape index (κ3) is 6.23. The molecule has 174 valence electrons. The molecule has 1 aliphatic rings. The van der Waals surface area contributed by atoms with E-state index in [0.29, 0.717) is 18.3 Å². The van der Waals surface area contributed by atoms with E-state index >= 15 is 0 Å². The summed E-state index contributed by atoms with van der Waals surface area (Å²) in [5.41, 5.74) is 3.42. The maximum absolute atomic E-state index is 12.0. The van der Waals surface area contributed by atoms with Gasteiger partial charge in [-0.15, -0.1) is 0 Å². The second-order valence-electron chi connectivity index (χ2n) is 8.95. The van der Waals surface area contributed by atoms with Crippen molar-refractivity contribution >= 4 is 5.97 Å². The molecule has 3 aromatic rings. The van der Waals surface area contributed by atoms with E-state index in [-0.39, 0.29) is 5.97 Å². The van der Waals surface area contributed by atoms with Crippen LogP contribution >= 0.6 is 0 Å². The van der Waals surface area contributed by atoms with Crippen molar-refractivity contribution < 1.29 is 18.7 Å². The summed E-state index contributed by atoms with van der Waals surface area (Å²) in [6, 6.07) is 16.3. The molecule has 0 spiro atoms. The molecule has 0 radical (unpaired) electrons. The zero-order valence-electron chi connectivity index (χ0n) is 19.6. The molecule has 0 saturated heterocycles. The predicted molar refractivity (Wildman–Crippen MR) is 127 cm³/mol. The Morgan fingerprint density at radius 3 is 2.45 bits per heavy atom. The maximum atomic E-state index is 12.0. The van der Waals surface area contributed by atoms with Gasteiger partial charge in [0.2, 0.25) is 0 Å². The van der Waals surface area contributed by atoms with Crippen molar-refractivity contribution in [2.45, 2.75) is 58.1 Å². The molecule has 0 unspecified atom stereocenters. The van der Waals surface area contributed by atoms with E-state index in [2.05, 4.69) is 34.6 Å². The molecule has 0 bridgehead atoms. The van der Waals surface area contributed by atoms with Crippen molar-refractivity contribution in [3.8, 4) is 17.0 Å². The monoisotopic (exact) mass is 448 g/mol. The molecule has 6 heteroatoms. The standard InChI is InChI=1S/C27H32N2O4/c1-4-31-26(30)27(2,3)33-23-13-7-19(8-14-23)15-16-28-17-20-5-9-21(10-6-20)24-18-32-25(29-24)22-11-12-22/h5-10,13-14,18,22,28H,4,11-12,15-17H2,1-3H3. The number of rotatable bonds is 11. The number of nitrogens with zero attached hydrogens (tertiary/aromatic N) is 1. The van der Waals surface area contributed by atoms with Crippen LogP contribution in [0.25, 0.3) is 11.3 Å². The van der Waals surface area contributed by atoms with Crippen LogP contribution in [0.4, 0.5) is 0 Å². The Bertz CT molecular complexity index is 1050. The largest absolute Gasteiger partial charge is 0.476 e. The van der Waals surface area contributed by atoms with Crippen molar-refractivity contribution in [3.63, 3.8) is 0 Å². The van der Waals surface area contributed by atoms with Gasteiger partial charge < -0.3 is 19.2 Å². The first-order valence-electron chi connectivity index (χ1n) is 11.7. The van der Waals surface area contributed by atoms with Crippen LogP contribution in [0.5, 0.6) is 5.75 Å². The highest BCUT2D eigenvalue weighted by Gasteiger charge is 2.31. The number of aromatic nitrogens is 1. The minimum absolute atomic E-state index is 0.338. The number of benzene rings is 2. The molecular weight excluding hydrogens is 416 g/mol. The summed E-state index contributed by atoms with van der Waals surface area (Å²) in [4.78, 5) is 16.6. The first-order chi connectivity index (χ1) is 15.9. The van der Waals surface area contributed by atoms with Crippen LogP contribution in [-0.2, 0) is 22.5 Å². The van der Waals surface area contributed by atoms with Crippen molar-refractivity contribution in [3.05, 3.63) is 71.8 Å². The van der Waals surface area contributed by atoms with E-state index in [9.17, 15) is 4.79 Å². The lowest BCUT2D eigenvalue weighted by atomic mass is 10.1. The van der Waals surface area contributed by atoms with Gasteiger partial charge in [0.1, 0.15) is 17.7 Å². The topological polar surface area (TPSA) is 73.6 Å². The summed E-state index contributed by atoms with van der Waals surface area (Å²) in [5.74, 6) is 1.69. The molecule has 0 aliphatic heterocycles. The second-order valence-corrected chi connectivity index (χ2v) is 8.95. The Balaban J connectivity index is 1.20. The van der Waals surface area contributed by atoms with Crippen LogP contribution in [0.1, 0.15) is 56.5 Å². The normalized spacial score (nSPS) is 13.7.